The van der Waals surface area contributed by atoms with Crippen molar-refractivity contribution in [2.75, 3.05) is 70.5 Å². The third kappa shape index (κ3) is 6.03. The molecule has 8 nitrogen and oxygen atoms in total. The number of hydrogen-bond donors (Lipinski definition) is 0. The first-order valence-electron chi connectivity index (χ1n) is 11.3. The van der Waals surface area contributed by atoms with E-state index in [1.165, 1.54) is 4.31 Å². The van der Waals surface area contributed by atoms with Gasteiger partial charge in [-0.2, -0.15) is 9.57 Å². The standard InChI is InChI=1S/C24H30N4O4S/c25-20-21-2-4-22(5-3-21)27-11-1-10-26(12-13-27)14-19-32-23-6-8-24(9-7-23)33(29,30)28-15-17-31-18-16-28/h2-9H,1,10-19H2. The van der Waals surface area contributed by atoms with Crippen LogP contribution in [0.2, 0.25) is 0 Å². The normalized spacial score (nSPS) is 18.5. The Balaban J connectivity index is 1.24. The molecule has 0 amide bonds. The van der Waals surface area contributed by atoms with Crippen molar-refractivity contribution in [1.82, 2.24) is 9.21 Å². The van der Waals surface area contributed by atoms with Crippen LogP contribution in [-0.2, 0) is 14.8 Å². The minimum atomic E-state index is -3.48. The van der Waals surface area contributed by atoms with Crippen LogP contribution in [0.5, 0.6) is 5.75 Å². The molecule has 2 aromatic rings. The maximum absolute atomic E-state index is 12.7. The third-order valence-corrected chi connectivity index (χ3v) is 7.97. The number of nitriles is 1. The number of nitrogens with zero attached hydrogens (tertiary/aromatic N) is 4. The fourth-order valence-corrected chi connectivity index (χ4v) is 5.54. The summed E-state index contributed by atoms with van der Waals surface area (Å²) in [6.07, 6.45) is 1.06. The number of morpholine rings is 1. The summed E-state index contributed by atoms with van der Waals surface area (Å²) in [7, 11) is -3.48. The molecule has 2 aliphatic rings. The summed E-state index contributed by atoms with van der Waals surface area (Å²) in [5, 5.41) is 8.97. The highest BCUT2D eigenvalue weighted by molar-refractivity contribution is 7.89. The second-order valence-corrected chi connectivity index (χ2v) is 10.1. The molecule has 0 atom stereocenters. The summed E-state index contributed by atoms with van der Waals surface area (Å²) >= 11 is 0. The molecular weight excluding hydrogens is 440 g/mol. The molecule has 0 aromatic heterocycles. The topological polar surface area (TPSA) is 86.1 Å². The van der Waals surface area contributed by atoms with E-state index >= 15 is 0 Å². The smallest absolute Gasteiger partial charge is 0.243 e. The van der Waals surface area contributed by atoms with Crippen molar-refractivity contribution in [2.45, 2.75) is 11.3 Å². The van der Waals surface area contributed by atoms with Crippen LogP contribution in [0.25, 0.3) is 0 Å². The predicted molar refractivity (Wildman–Crippen MR) is 126 cm³/mol. The molecule has 2 heterocycles. The van der Waals surface area contributed by atoms with Crippen molar-refractivity contribution >= 4 is 15.7 Å². The zero-order chi connectivity index (χ0) is 23.1. The Labute approximate surface area is 196 Å². The van der Waals surface area contributed by atoms with Crippen LogP contribution in [0.3, 0.4) is 0 Å². The van der Waals surface area contributed by atoms with Crippen LogP contribution in [0.1, 0.15) is 12.0 Å². The number of sulfonamides is 1. The van der Waals surface area contributed by atoms with E-state index in [2.05, 4.69) is 15.9 Å². The summed E-state index contributed by atoms with van der Waals surface area (Å²) in [6.45, 7) is 6.87. The van der Waals surface area contributed by atoms with Crippen LogP contribution >= 0.6 is 0 Å². The van der Waals surface area contributed by atoms with Gasteiger partial charge in [0.1, 0.15) is 12.4 Å². The predicted octanol–water partition coefficient (Wildman–Crippen LogP) is 2.17. The Morgan fingerprint density at radius 1 is 0.909 bits per heavy atom. The molecule has 2 fully saturated rings. The molecule has 9 heteroatoms. The van der Waals surface area contributed by atoms with E-state index in [1.54, 1.807) is 24.3 Å². The first-order chi connectivity index (χ1) is 16.1. The van der Waals surface area contributed by atoms with E-state index in [0.29, 0.717) is 44.2 Å². The number of rotatable bonds is 7. The lowest BCUT2D eigenvalue weighted by Gasteiger charge is -2.26. The van der Waals surface area contributed by atoms with Gasteiger partial charge in [-0.1, -0.05) is 0 Å². The summed E-state index contributed by atoms with van der Waals surface area (Å²) in [5.74, 6) is 0.671. The van der Waals surface area contributed by atoms with E-state index in [-0.39, 0.29) is 4.90 Å². The van der Waals surface area contributed by atoms with Crippen LogP contribution < -0.4 is 9.64 Å². The lowest BCUT2D eigenvalue weighted by atomic mass is 10.2. The van der Waals surface area contributed by atoms with Crippen molar-refractivity contribution in [3.8, 4) is 11.8 Å². The maximum atomic E-state index is 12.7. The Kier molecular flexibility index (Phi) is 7.83. The summed E-state index contributed by atoms with van der Waals surface area (Å²) in [5.41, 5.74) is 1.83. The molecule has 0 unspecified atom stereocenters. The minimum absolute atomic E-state index is 0.284. The average Bonchev–Trinajstić information content (AvgIpc) is 3.11. The van der Waals surface area contributed by atoms with Crippen LogP contribution in [0.4, 0.5) is 5.69 Å². The third-order valence-electron chi connectivity index (χ3n) is 6.06. The molecular formula is C24H30N4O4S. The van der Waals surface area contributed by atoms with Crippen molar-refractivity contribution in [1.29, 1.82) is 5.26 Å². The molecule has 2 saturated heterocycles. The number of benzene rings is 2. The lowest BCUT2D eigenvalue weighted by Crippen LogP contribution is -2.40. The summed E-state index contributed by atoms with van der Waals surface area (Å²) < 4.78 is 38.0. The van der Waals surface area contributed by atoms with E-state index in [1.807, 2.05) is 24.3 Å². The van der Waals surface area contributed by atoms with Gasteiger partial charge in [0.15, 0.2) is 0 Å². The van der Waals surface area contributed by atoms with Gasteiger partial charge in [-0.05, 0) is 55.0 Å². The van der Waals surface area contributed by atoms with E-state index < -0.39 is 10.0 Å². The Morgan fingerprint density at radius 3 is 2.33 bits per heavy atom. The van der Waals surface area contributed by atoms with Crippen LogP contribution in [0, 0.1) is 11.3 Å². The maximum Gasteiger partial charge on any atom is 0.243 e. The summed E-state index contributed by atoms with van der Waals surface area (Å²) in [6, 6.07) is 16.6. The SMILES string of the molecule is N#Cc1ccc(N2CCCN(CCOc3ccc(S(=O)(=O)N4CCOCC4)cc3)CC2)cc1. The first-order valence-corrected chi connectivity index (χ1v) is 12.8. The van der Waals surface area contributed by atoms with Gasteiger partial charge in [0.25, 0.3) is 0 Å². The van der Waals surface area contributed by atoms with Gasteiger partial charge in [-0.3, -0.25) is 4.90 Å². The fourth-order valence-electron chi connectivity index (χ4n) is 4.14. The summed E-state index contributed by atoms with van der Waals surface area (Å²) in [4.78, 5) is 5.03. The van der Waals surface area contributed by atoms with Gasteiger partial charge in [0, 0.05) is 51.5 Å². The van der Waals surface area contributed by atoms with Crippen LogP contribution in [0.15, 0.2) is 53.4 Å². The highest BCUT2D eigenvalue weighted by Gasteiger charge is 2.26. The second kappa shape index (κ2) is 11.0. The van der Waals surface area contributed by atoms with E-state index in [0.717, 1.165) is 44.8 Å². The molecule has 0 radical (unpaired) electrons. The van der Waals surface area contributed by atoms with Gasteiger partial charge >= 0.3 is 0 Å². The molecule has 0 spiro atoms. The fraction of sp³-hybridized carbons (Fsp3) is 0.458. The van der Waals surface area contributed by atoms with Gasteiger partial charge in [-0.15, -0.1) is 0 Å². The Bertz CT molecular complexity index is 1050. The number of ether oxygens (including phenoxy) is 2. The molecule has 33 heavy (non-hydrogen) atoms. The van der Waals surface area contributed by atoms with Crippen molar-refractivity contribution in [3.05, 3.63) is 54.1 Å². The highest BCUT2D eigenvalue weighted by Crippen LogP contribution is 2.21. The first kappa shape index (κ1) is 23.5. The zero-order valence-electron chi connectivity index (χ0n) is 18.7. The Morgan fingerprint density at radius 2 is 1.64 bits per heavy atom. The molecule has 0 aliphatic carbocycles. The molecule has 176 valence electrons. The largest absolute Gasteiger partial charge is 0.492 e. The zero-order valence-corrected chi connectivity index (χ0v) is 19.5. The quantitative estimate of drug-likeness (QED) is 0.613. The van der Waals surface area contributed by atoms with Crippen LogP contribution in [-0.4, -0.2) is 83.3 Å². The van der Waals surface area contributed by atoms with Gasteiger partial charge < -0.3 is 14.4 Å². The van der Waals surface area contributed by atoms with Gasteiger partial charge in [0.2, 0.25) is 10.0 Å². The average molecular weight is 471 g/mol. The molecule has 2 aliphatic heterocycles. The molecule has 0 bridgehead atoms. The van der Waals surface area contributed by atoms with Crippen molar-refractivity contribution < 1.29 is 17.9 Å². The molecule has 0 saturated carbocycles. The molecule has 4 rings (SSSR count). The second-order valence-electron chi connectivity index (χ2n) is 8.18. The minimum Gasteiger partial charge on any atom is -0.492 e. The molecule has 2 aromatic carbocycles. The Hall–Kier alpha value is -2.64. The highest BCUT2D eigenvalue weighted by atomic mass is 32.2. The van der Waals surface area contributed by atoms with Crippen molar-refractivity contribution in [3.63, 3.8) is 0 Å². The molecule has 0 N–H and O–H groups in total. The van der Waals surface area contributed by atoms with Crippen molar-refractivity contribution in [2.24, 2.45) is 0 Å². The van der Waals surface area contributed by atoms with E-state index in [4.69, 9.17) is 14.7 Å². The lowest BCUT2D eigenvalue weighted by molar-refractivity contribution is 0.0730. The number of anilines is 1. The van der Waals surface area contributed by atoms with E-state index in [9.17, 15) is 8.42 Å². The van der Waals surface area contributed by atoms with Gasteiger partial charge in [-0.25, -0.2) is 8.42 Å². The van der Waals surface area contributed by atoms with Gasteiger partial charge in [0.05, 0.1) is 29.7 Å². The number of hydrogen-bond acceptors (Lipinski definition) is 7. The monoisotopic (exact) mass is 470 g/mol.